The van der Waals surface area contributed by atoms with Crippen LogP contribution in [0.1, 0.15) is 10.4 Å². The zero-order valence-electron chi connectivity index (χ0n) is 15.2. The van der Waals surface area contributed by atoms with Gasteiger partial charge in [0.15, 0.2) is 0 Å². The summed E-state index contributed by atoms with van der Waals surface area (Å²) < 4.78 is 13.5. The molecule has 1 fully saturated rings. The molecule has 3 rings (SSSR count). The number of pyridine rings is 1. The van der Waals surface area contributed by atoms with E-state index >= 15 is 0 Å². The molecule has 0 saturated carbocycles. The van der Waals surface area contributed by atoms with Gasteiger partial charge in [-0.25, -0.2) is 4.39 Å². The molecule has 0 bridgehead atoms. The molecule has 1 aliphatic heterocycles. The Morgan fingerprint density at radius 1 is 1.33 bits per heavy atom. The van der Waals surface area contributed by atoms with Crippen molar-refractivity contribution in [1.82, 2.24) is 14.8 Å². The van der Waals surface area contributed by atoms with Gasteiger partial charge in [-0.1, -0.05) is 0 Å². The Hall–Kier alpha value is -2.29. The van der Waals surface area contributed by atoms with Gasteiger partial charge in [0, 0.05) is 55.8 Å². The minimum atomic E-state index is -0.536. The Balaban J connectivity index is 1.83. The standard InChI is InChI=1S/C19H24FN3O4/c1-22(4-5-24)8-12-9-23(10-13(12)11-25)19(27)16-7-21-17-3-2-14(20)6-15(17)18(16)26/h2-3,6-7,12-13,24-25H,4-5,8-11H2,1H3,(H,21,26)/t12-,13-/m1/s1. The molecule has 8 heteroatoms. The van der Waals surface area contributed by atoms with E-state index in [4.69, 9.17) is 5.11 Å². The number of aromatic amines is 1. The number of aliphatic hydroxyl groups excluding tert-OH is 2. The van der Waals surface area contributed by atoms with Gasteiger partial charge >= 0.3 is 0 Å². The number of aromatic nitrogens is 1. The van der Waals surface area contributed by atoms with Crippen LogP contribution < -0.4 is 5.43 Å². The fourth-order valence-corrected chi connectivity index (χ4v) is 3.70. The van der Waals surface area contributed by atoms with Crippen LogP contribution in [0.3, 0.4) is 0 Å². The van der Waals surface area contributed by atoms with E-state index in [0.717, 1.165) is 6.07 Å². The van der Waals surface area contributed by atoms with Crippen molar-refractivity contribution in [2.75, 3.05) is 46.4 Å². The monoisotopic (exact) mass is 377 g/mol. The summed E-state index contributed by atoms with van der Waals surface area (Å²) in [4.78, 5) is 31.9. The van der Waals surface area contributed by atoms with Crippen LogP contribution in [0.4, 0.5) is 4.39 Å². The van der Waals surface area contributed by atoms with Crippen molar-refractivity contribution in [2.24, 2.45) is 11.8 Å². The van der Waals surface area contributed by atoms with Crippen LogP contribution in [0.25, 0.3) is 10.9 Å². The molecule has 27 heavy (non-hydrogen) atoms. The second kappa shape index (κ2) is 8.16. The number of carbonyl (C=O) groups excluding carboxylic acids is 1. The van der Waals surface area contributed by atoms with Crippen LogP contribution in [-0.4, -0.2) is 77.3 Å². The maximum atomic E-state index is 13.5. The third-order valence-corrected chi connectivity index (χ3v) is 5.20. The molecule has 146 valence electrons. The quantitative estimate of drug-likeness (QED) is 0.672. The fourth-order valence-electron chi connectivity index (χ4n) is 3.70. The number of carbonyl (C=O) groups is 1. The van der Waals surface area contributed by atoms with E-state index < -0.39 is 17.2 Å². The van der Waals surface area contributed by atoms with Gasteiger partial charge < -0.3 is 25.0 Å². The highest BCUT2D eigenvalue weighted by Crippen LogP contribution is 2.25. The van der Waals surface area contributed by atoms with Gasteiger partial charge in [-0.15, -0.1) is 0 Å². The molecule has 1 saturated heterocycles. The minimum Gasteiger partial charge on any atom is -0.396 e. The summed E-state index contributed by atoms with van der Waals surface area (Å²) in [7, 11) is 1.87. The zero-order chi connectivity index (χ0) is 19.6. The molecule has 7 nitrogen and oxygen atoms in total. The lowest BCUT2D eigenvalue weighted by atomic mass is 9.96. The van der Waals surface area contributed by atoms with E-state index in [0.29, 0.717) is 31.7 Å². The summed E-state index contributed by atoms with van der Waals surface area (Å²) in [6.45, 7) is 1.90. The predicted octanol–water partition coefficient (Wildman–Crippen LogP) is 0.272. The van der Waals surface area contributed by atoms with Gasteiger partial charge in [0.1, 0.15) is 11.4 Å². The van der Waals surface area contributed by atoms with Crippen LogP contribution in [0, 0.1) is 17.7 Å². The lowest BCUT2D eigenvalue weighted by Gasteiger charge is -2.23. The number of H-pyrrole nitrogens is 1. The average Bonchev–Trinajstić information content (AvgIpc) is 3.05. The van der Waals surface area contributed by atoms with Crippen molar-refractivity contribution in [3.05, 3.63) is 46.0 Å². The molecule has 3 N–H and O–H groups in total. The highest BCUT2D eigenvalue weighted by Gasteiger charge is 2.36. The number of rotatable bonds is 6. The second-order valence-electron chi connectivity index (χ2n) is 7.12. The van der Waals surface area contributed by atoms with Crippen molar-refractivity contribution in [3.8, 4) is 0 Å². The van der Waals surface area contributed by atoms with Gasteiger partial charge in [0.25, 0.3) is 5.91 Å². The van der Waals surface area contributed by atoms with Crippen LogP contribution in [0.5, 0.6) is 0 Å². The van der Waals surface area contributed by atoms with Crippen molar-refractivity contribution in [3.63, 3.8) is 0 Å². The Bertz CT molecular complexity index is 885. The largest absolute Gasteiger partial charge is 0.396 e. The van der Waals surface area contributed by atoms with E-state index in [-0.39, 0.29) is 36.0 Å². The highest BCUT2D eigenvalue weighted by atomic mass is 19.1. The van der Waals surface area contributed by atoms with Gasteiger partial charge in [0.2, 0.25) is 5.43 Å². The normalized spacial score (nSPS) is 20.0. The van der Waals surface area contributed by atoms with Gasteiger partial charge in [-0.05, 0) is 31.2 Å². The van der Waals surface area contributed by atoms with E-state index in [1.165, 1.54) is 18.3 Å². The lowest BCUT2D eigenvalue weighted by molar-refractivity contribution is 0.0777. The van der Waals surface area contributed by atoms with Crippen molar-refractivity contribution < 1.29 is 19.4 Å². The highest BCUT2D eigenvalue weighted by molar-refractivity contribution is 5.97. The maximum Gasteiger partial charge on any atom is 0.259 e. The van der Waals surface area contributed by atoms with E-state index in [1.807, 2.05) is 11.9 Å². The van der Waals surface area contributed by atoms with E-state index in [2.05, 4.69) is 4.98 Å². The van der Waals surface area contributed by atoms with Crippen LogP contribution in [-0.2, 0) is 0 Å². The first-order valence-electron chi connectivity index (χ1n) is 8.95. The Kier molecular flexibility index (Phi) is 5.88. The van der Waals surface area contributed by atoms with Gasteiger partial charge in [0.05, 0.1) is 6.61 Å². The number of likely N-dealkylation sites (tertiary alicyclic amines) is 1. The summed E-state index contributed by atoms with van der Waals surface area (Å²) in [5, 5.41) is 18.8. The van der Waals surface area contributed by atoms with E-state index in [9.17, 15) is 19.1 Å². The third-order valence-electron chi connectivity index (χ3n) is 5.20. The van der Waals surface area contributed by atoms with Crippen molar-refractivity contribution in [2.45, 2.75) is 0 Å². The fraction of sp³-hybridized carbons (Fsp3) is 0.474. The number of likely N-dealkylation sites (N-methyl/N-ethyl adjacent to an activating group) is 1. The molecular weight excluding hydrogens is 353 g/mol. The summed E-state index contributed by atoms with van der Waals surface area (Å²) in [6.07, 6.45) is 1.37. The topological polar surface area (TPSA) is 96.9 Å². The number of benzene rings is 1. The molecule has 1 aromatic carbocycles. The maximum absolute atomic E-state index is 13.5. The SMILES string of the molecule is CN(CCO)C[C@@H]1CN(C(=O)c2c[nH]c3ccc(F)cc3c2=O)C[C@@H]1CO. The Labute approximate surface area is 156 Å². The number of hydrogen-bond acceptors (Lipinski definition) is 5. The molecule has 1 amide bonds. The summed E-state index contributed by atoms with van der Waals surface area (Å²) >= 11 is 0. The number of nitrogens with zero attached hydrogens (tertiary/aromatic N) is 2. The van der Waals surface area contributed by atoms with Crippen LogP contribution in [0.2, 0.25) is 0 Å². The van der Waals surface area contributed by atoms with Crippen molar-refractivity contribution >= 4 is 16.8 Å². The average molecular weight is 377 g/mol. The number of fused-ring (bicyclic) bond motifs is 1. The Morgan fingerprint density at radius 2 is 2.07 bits per heavy atom. The zero-order valence-corrected chi connectivity index (χ0v) is 15.2. The predicted molar refractivity (Wildman–Crippen MR) is 99.1 cm³/mol. The van der Waals surface area contributed by atoms with Crippen LogP contribution in [0.15, 0.2) is 29.2 Å². The summed E-state index contributed by atoms with van der Waals surface area (Å²) in [5.41, 5.74) is -0.0695. The molecule has 0 aliphatic carbocycles. The number of aliphatic hydroxyl groups is 2. The number of amides is 1. The molecular formula is C19H24FN3O4. The van der Waals surface area contributed by atoms with E-state index in [1.54, 1.807) is 4.90 Å². The third kappa shape index (κ3) is 4.02. The molecule has 1 aliphatic rings. The Morgan fingerprint density at radius 3 is 2.78 bits per heavy atom. The molecule has 0 spiro atoms. The molecule has 0 unspecified atom stereocenters. The minimum absolute atomic E-state index is 0.0332. The smallest absolute Gasteiger partial charge is 0.259 e. The summed E-state index contributed by atoms with van der Waals surface area (Å²) in [5.74, 6) is -1.00. The van der Waals surface area contributed by atoms with Crippen LogP contribution >= 0.6 is 0 Å². The number of hydrogen-bond donors (Lipinski definition) is 3. The molecule has 2 atom stereocenters. The van der Waals surface area contributed by atoms with Gasteiger partial charge in [-0.3, -0.25) is 9.59 Å². The second-order valence-corrected chi connectivity index (χ2v) is 7.12. The number of halogens is 1. The lowest BCUT2D eigenvalue weighted by Crippen LogP contribution is -2.34. The first-order valence-corrected chi connectivity index (χ1v) is 8.95. The molecule has 2 aromatic rings. The first-order chi connectivity index (χ1) is 12.9. The molecule has 1 aromatic heterocycles. The molecule has 2 heterocycles. The summed E-state index contributed by atoms with van der Waals surface area (Å²) in [6, 6.07) is 3.84. The van der Waals surface area contributed by atoms with Gasteiger partial charge in [-0.2, -0.15) is 0 Å². The molecule has 0 radical (unpaired) electrons. The first kappa shape index (κ1) is 19.5. The van der Waals surface area contributed by atoms with Crippen molar-refractivity contribution in [1.29, 1.82) is 0 Å². The number of nitrogens with one attached hydrogen (secondary N) is 1.